The Balaban J connectivity index is 2.95. The molecule has 0 unspecified atom stereocenters. The average Bonchev–Trinajstić information content (AvgIpc) is 2.26. The third-order valence-electron chi connectivity index (χ3n) is 2.39. The van der Waals surface area contributed by atoms with Gasteiger partial charge in [0.15, 0.2) is 0 Å². The predicted octanol–water partition coefficient (Wildman–Crippen LogP) is 4.18. The summed E-state index contributed by atoms with van der Waals surface area (Å²) in [5.74, 6) is 0.315. The van der Waals surface area contributed by atoms with Gasteiger partial charge in [0.2, 0.25) is 0 Å². The van der Waals surface area contributed by atoms with Crippen molar-refractivity contribution in [1.82, 2.24) is 0 Å². The minimum Gasteiger partial charge on any atom is -0.435 e. The molecule has 0 bridgehead atoms. The second kappa shape index (κ2) is 6.84. The zero-order valence-corrected chi connectivity index (χ0v) is 10.8. The van der Waals surface area contributed by atoms with E-state index in [1.54, 1.807) is 12.1 Å². The van der Waals surface area contributed by atoms with Gasteiger partial charge in [-0.3, -0.25) is 0 Å². The predicted molar refractivity (Wildman–Crippen MR) is 64.6 cm³/mol. The van der Waals surface area contributed by atoms with Crippen LogP contribution in [0.25, 0.3) is 0 Å². The molecule has 0 atom stereocenters. The highest BCUT2D eigenvalue weighted by Crippen LogP contribution is 2.26. The van der Waals surface area contributed by atoms with E-state index in [1.165, 1.54) is 0 Å². The molecular weight excluding hydrogens is 278 g/mol. The highest BCUT2D eigenvalue weighted by molar-refractivity contribution is 9.09. The molecule has 1 rings (SSSR count). The lowest BCUT2D eigenvalue weighted by Gasteiger charge is -2.13. The number of aryl methyl sites for hydroxylation is 1. The molecular formula is C12H15BrF2O. The van der Waals surface area contributed by atoms with Crippen LogP contribution in [0.3, 0.4) is 0 Å². The quantitative estimate of drug-likeness (QED) is 0.715. The lowest BCUT2D eigenvalue weighted by Crippen LogP contribution is -2.06. The molecule has 0 spiro atoms. The van der Waals surface area contributed by atoms with Crippen LogP contribution in [-0.4, -0.2) is 11.9 Å². The maximum atomic E-state index is 12.2. The summed E-state index contributed by atoms with van der Waals surface area (Å²) in [6, 6.07) is 5.32. The lowest BCUT2D eigenvalue weighted by atomic mass is 10.0. The summed E-state index contributed by atoms with van der Waals surface area (Å²) in [5.41, 5.74) is 1.99. The molecule has 0 aliphatic carbocycles. The molecule has 1 aromatic carbocycles. The topological polar surface area (TPSA) is 9.23 Å². The summed E-state index contributed by atoms with van der Waals surface area (Å²) in [6.07, 6.45) is 2.51. The molecule has 0 fully saturated rings. The van der Waals surface area contributed by atoms with Crippen LogP contribution in [0, 0.1) is 0 Å². The smallest absolute Gasteiger partial charge is 0.387 e. The second-order valence-corrected chi connectivity index (χ2v) is 4.21. The van der Waals surface area contributed by atoms with Gasteiger partial charge in [0, 0.05) is 5.33 Å². The number of rotatable bonds is 6. The normalized spacial score (nSPS) is 10.8. The summed E-state index contributed by atoms with van der Waals surface area (Å²) in [6.45, 7) is -0.742. The summed E-state index contributed by atoms with van der Waals surface area (Å²) < 4.78 is 29.0. The van der Waals surface area contributed by atoms with Crippen LogP contribution in [0.1, 0.15) is 24.5 Å². The molecule has 1 aromatic rings. The number of ether oxygens (including phenoxy) is 1. The largest absolute Gasteiger partial charge is 0.435 e. The highest BCUT2D eigenvalue weighted by atomic mass is 79.9. The number of hydrogen-bond donors (Lipinski definition) is 0. The Morgan fingerprint density at radius 1 is 1.38 bits per heavy atom. The van der Waals surface area contributed by atoms with Gasteiger partial charge in [-0.2, -0.15) is 8.78 Å². The second-order valence-electron chi connectivity index (χ2n) is 3.42. The molecule has 0 radical (unpaired) electrons. The summed E-state index contributed by atoms with van der Waals surface area (Å²) in [5, 5.41) is 0.860. The molecule has 0 aromatic heterocycles. The fourth-order valence-electron chi connectivity index (χ4n) is 1.68. The monoisotopic (exact) mass is 292 g/mol. The highest BCUT2D eigenvalue weighted by Gasteiger charge is 2.12. The van der Waals surface area contributed by atoms with Crippen LogP contribution in [0.2, 0.25) is 0 Å². The van der Waals surface area contributed by atoms with Crippen LogP contribution >= 0.6 is 15.9 Å². The average molecular weight is 293 g/mol. The first-order valence-corrected chi connectivity index (χ1v) is 6.42. The lowest BCUT2D eigenvalue weighted by molar-refractivity contribution is -0.0504. The van der Waals surface area contributed by atoms with Crippen molar-refractivity contribution in [2.24, 2.45) is 0 Å². The maximum Gasteiger partial charge on any atom is 0.387 e. The molecule has 1 nitrogen and oxygen atoms in total. The Hall–Kier alpha value is -0.640. The van der Waals surface area contributed by atoms with Gasteiger partial charge in [-0.25, -0.2) is 0 Å². The number of benzene rings is 1. The molecule has 90 valence electrons. The molecule has 0 N–H and O–H groups in total. The molecule has 0 heterocycles. The van der Waals surface area contributed by atoms with Crippen LogP contribution in [0.4, 0.5) is 8.78 Å². The van der Waals surface area contributed by atoms with Gasteiger partial charge in [0.1, 0.15) is 5.75 Å². The van der Waals surface area contributed by atoms with Crippen LogP contribution < -0.4 is 4.74 Å². The van der Waals surface area contributed by atoms with E-state index in [-0.39, 0.29) is 0 Å². The first-order valence-electron chi connectivity index (χ1n) is 5.30. The van der Waals surface area contributed by atoms with Crippen molar-refractivity contribution < 1.29 is 13.5 Å². The van der Waals surface area contributed by atoms with Gasteiger partial charge in [0.25, 0.3) is 0 Å². The molecule has 4 heteroatoms. The van der Waals surface area contributed by atoms with E-state index in [2.05, 4.69) is 20.7 Å². The number of halogens is 3. The Morgan fingerprint density at radius 3 is 2.69 bits per heavy atom. The van der Waals surface area contributed by atoms with Gasteiger partial charge in [-0.15, -0.1) is 0 Å². The van der Waals surface area contributed by atoms with Crippen molar-refractivity contribution in [3.8, 4) is 5.75 Å². The van der Waals surface area contributed by atoms with Gasteiger partial charge in [-0.1, -0.05) is 35.0 Å². The molecule has 0 aliphatic rings. The number of alkyl halides is 3. The van der Waals surface area contributed by atoms with Crippen LogP contribution in [0.5, 0.6) is 5.75 Å². The SMILES string of the molecule is CCc1cccc(OC(F)F)c1CCCBr. The molecule has 16 heavy (non-hydrogen) atoms. The first kappa shape index (κ1) is 13.4. The Labute approximate surface area is 103 Å². The molecule has 0 saturated carbocycles. The fraction of sp³-hybridized carbons (Fsp3) is 0.500. The van der Waals surface area contributed by atoms with Crippen LogP contribution in [0.15, 0.2) is 18.2 Å². The summed E-state index contributed by atoms with van der Waals surface area (Å²) >= 11 is 3.34. The van der Waals surface area contributed by atoms with Crippen LogP contribution in [-0.2, 0) is 12.8 Å². The van der Waals surface area contributed by atoms with Crippen molar-refractivity contribution in [1.29, 1.82) is 0 Å². The van der Waals surface area contributed by atoms with E-state index < -0.39 is 6.61 Å². The van der Waals surface area contributed by atoms with Crippen molar-refractivity contribution in [2.45, 2.75) is 32.8 Å². The summed E-state index contributed by atoms with van der Waals surface area (Å²) in [7, 11) is 0. The van der Waals surface area contributed by atoms with Crippen molar-refractivity contribution in [3.63, 3.8) is 0 Å². The summed E-state index contributed by atoms with van der Waals surface area (Å²) in [4.78, 5) is 0. The van der Waals surface area contributed by atoms with Crippen molar-refractivity contribution in [2.75, 3.05) is 5.33 Å². The standard InChI is InChI=1S/C12H15BrF2O/c1-2-9-5-3-7-11(16-12(14)15)10(9)6-4-8-13/h3,5,7,12H,2,4,6,8H2,1H3. The number of hydrogen-bond acceptors (Lipinski definition) is 1. The van der Waals surface area contributed by atoms with E-state index in [0.717, 1.165) is 35.7 Å². The first-order chi connectivity index (χ1) is 7.69. The van der Waals surface area contributed by atoms with E-state index in [0.29, 0.717) is 5.75 Å². The van der Waals surface area contributed by atoms with E-state index in [4.69, 9.17) is 0 Å². The Morgan fingerprint density at radius 2 is 2.12 bits per heavy atom. The minimum atomic E-state index is -2.75. The van der Waals surface area contributed by atoms with Gasteiger partial charge in [-0.05, 0) is 36.5 Å². The Bertz CT molecular complexity index is 329. The maximum absolute atomic E-state index is 12.2. The Kier molecular flexibility index (Phi) is 5.74. The van der Waals surface area contributed by atoms with Gasteiger partial charge < -0.3 is 4.74 Å². The zero-order chi connectivity index (χ0) is 12.0. The molecule has 0 saturated heterocycles. The third-order valence-corrected chi connectivity index (χ3v) is 2.95. The third kappa shape index (κ3) is 3.74. The van der Waals surface area contributed by atoms with Crippen molar-refractivity contribution in [3.05, 3.63) is 29.3 Å². The van der Waals surface area contributed by atoms with E-state index in [9.17, 15) is 8.78 Å². The fourth-order valence-corrected chi connectivity index (χ4v) is 1.96. The van der Waals surface area contributed by atoms with Gasteiger partial charge in [0.05, 0.1) is 0 Å². The van der Waals surface area contributed by atoms with Crippen molar-refractivity contribution >= 4 is 15.9 Å². The minimum absolute atomic E-state index is 0.315. The van der Waals surface area contributed by atoms with E-state index in [1.807, 2.05) is 13.0 Å². The molecule has 0 aliphatic heterocycles. The van der Waals surface area contributed by atoms with E-state index >= 15 is 0 Å². The molecule has 0 amide bonds. The zero-order valence-electron chi connectivity index (χ0n) is 9.18. The van der Waals surface area contributed by atoms with Gasteiger partial charge >= 0.3 is 6.61 Å².